The summed E-state index contributed by atoms with van der Waals surface area (Å²) in [6.07, 6.45) is -16.9. The molecule has 2 atom stereocenters. The van der Waals surface area contributed by atoms with Gasteiger partial charge in [0, 0.05) is 0 Å². The fourth-order valence-corrected chi connectivity index (χ4v) is 3.54. The van der Waals surface area contributed by atoms with E-state index in [9.17, 15) is 73.3 Å². The van der Waals surface area contributed by atoms with Gasteiger partial charge in [0.05, 0.1) is 36.6 Å². The summed E-state index contributed by atoms with van der Waals surface area (Å²) < 4.78 is 131. The molecule has 0 aliphatic rings. The van der Waals surface area contributed by atoms with Gasteiger partial charge in [0.25, 0.3) is 0 Å². The number of aliphatic carboxylic acids is 2. The van der Waals surface area contributed by atoms with Crippen molar-refractivity contribution in [3.63, 3.8) is 0 Å². The van der Waals surface area contributed by atoms with Crippen molar-refractivity contribution in [1.29, 1.82) is 0 Å². The second kappa shape index (κ2) is 17.8. The van der Waals surface area contributed by atoms with Gasteiger partial charge in [0.2, 0.25) is 0 Å². The third-order valence-corrected chi connectivity index (χ3v) is 7.90. The average molecular weight is 732 g/mol. The third-order valence-electron chi connectivity index (χ3n) is 4.48. The first kappa shape index (κ1) is 45.8. The number of hydrogen-bond donors (Lipinski definition) is 0. The number of halogens is 10. The van der Waals surface area contributed by atoms with Crippen molar-refractivity contribution in [3.8, 4) is 0 Å². The first-order valence-electron chi connectivity index (χ1n) is 12.2. The van der Waals surface area contributed by atoms with E-state index < -0.39 is 109 Å². The molecule has 0 aliphatic carbocycles. The summed E-state index contributed by atoms with van der Waals surface area (Å²) in [5.74, 6) is -21.6. The predicted molar refractivity (Wildman–Crippen MR) is 121 cm³/mol. The van der Waals surface area contributed by atoms with Gasteiger partial charge in [-0.25, -0.2) is 0 Å². The first-order valence-corrected chi connectivity index (χ1v) is 14.2. The molecule has 0 radical (unpaired) electrons. The van der Waals surface area contributed by atoms with Crippen molar-refractivity contribution < 1.29 is 103 Å². The Morgan fingerprint density at radius 2 is 0.814 bits per heavy atom. The van der Waals surface area contributed by atoms with Crippen molar-refractivity contribution in [2.45, 2.75) is 116 Å². The second-order valence-electron chi connectivity index (χ2n) is 10.8. The first-order chi connectivity index (χ1) is 18.8. The molecule has 43 heavy (non-hydrogen) atoms. The van der Waals surface area contributed by atoms with Crippen LogP contribution in [0.1, 0.15) is 81.1 Å². The second-order valence-corrected chi connectivity index (χ2v) is 12.2. The maximum atomic E-state index is 12.4. The summed E-state index contributed by atoms with van der Waals surface area (Å²) in [7, 11) is 0. The zero-order valence-corrected chi connectivity index (χ0v) is 27.0. The third kappa shape index (κ3) is 20.1. The molecule has 0 spiro atoms. The molecule has 0 aromatic carbocycles. The van der Waals surface area contributed by atoms with Crippen molar-refractivity contribution in [2.75, 3.05) is 0 Å². The Morgan fingerprint density at radius 1 is 0.581 bits per heavy atom. The molecule has 0 aliphatic heterocycles. The molecule has 0 bridgehead atoms. The van der Waals surface area contributed by atoms with Crippen molar-refractivity contribution in [1.82, 2.24) is 0 Å². The fraction of sp³-hybridized carbons (Fsp3) is 0.833. The van der Waals surface area contributed by atoms with Crippen LogP contribution in [0.15, 0.2) is 0 Å². The summed E-state index contributed by atoms with van der Waals surface area (Å²) in [4.78, 5) is 42.3. The average Bonchev–Trinajstić information content (AvgIpc) is 2.70. The van der Waals surface area contributed by atoms with Crippen molar-refractivity contribution >= 4 is 23.5 Å². The van der Waals surface area contributed by atoms with Crippen LogP contribution in [-0.2, 0) is 48.9 Å². The van der Waals surface area contributed by atoms with Gasteiger partial charge in [0.15, 0.2) is 0 Å². The topological polar surface area (TPSA) is 133 Å². The monoisotopic (exact) mass is 730 g/mol. The number of alkyl halides is 10. The van der Waals surface area contributed by atoms with Crippen LogP contribution < -0.4 is 10.2 Å². The van der Waals surface area contributed by atoms with Crippen molar-refractivity contribution in [3.05, 3.63) is 0 Å². The standard InChI is InChI=1S/2C8H9F5O3.2C4H9O.Zr/c2*1-2-4(6(15)16)5(14)3-7(9,10)8(11,12)13;2*1-4(2,3)5;/h2*4H,2-3H2,1H3,(H,15,16);2*1-3H3;/q;;2*-1;+4/p-2. The molecule has 0 aromatic rings. The molecule has 0 rings (SSSR count). The Labute approximate surface area is 254 Å². The minimum absolute atomic E-state index is 0.0303. The number of hydrogen-bond acceptors (Lipinski definition) is 8. The van der Waals surface area contributed by atoms with Crippen LogP contribution in [0.5, 0.6) is 0 Å². The van der Waals surface area contributed by atoms with Crippen LogP contribution >= 0.6 is 0 Å². The van der Waals surface area contributed by atoms with E-state index in [4.69, 9.17) is 5.63 Å². The van der Waals surface area contributed by atoms with Crippen LogP contribution in [0, 0.1) is 11.8 Å². The maximum absolute atomic E-state index is 12.4. The van der Waals surface area contributed by atoms with Gasteiger partial charge >= 0.3 is 107 Å². The van der Waals surface area contributed by atoms with E-state index in [-0.39, 0.29) is 11.2 Å². The van der Waals surface area contributed by atoms with Gasteiger partial charge in [-0.1, -0.05) is 13.8 Å². The number of carboxylic acids is 2. The Morgan fingerprint density at radius 3 is 0.953 bits per heavy atom. The Kier molecular flexibility index (Phi) is 18.9. The minimum Gasteiger partial charge on any atom is -0.549 e. The van der Waals surface area contributed by atoms with E-state index in [1.807, 2.05) is 0 Å². The summed E-state index contributed by atoms with van der Waals surface area (Å²) in [5, 5.41) is 20.5. The van der Waals surface area contributed by atoms with E-state index in [2.05, 4.69) is 41.5 Å². The van der Waals surface area contributed by atoms with Gasteiger partial charge in [-0.05, 0) is 12.8 Å². The van der Waals surface area contributed by atoms with Gasteiger partial charge in [-0.2, -0.15) is 43.9 Å². The largest absolute Gasteiger partial charge is 0.549 e. The summed E-state index contributed by atoms with van der Waals surface area (Å²) in [6, 6.07) is 0. The SMILES string of the molecule is CC(C)(C)[O][Zr+2][O]C(C)(C)C.CCC(C(=O)[O-])C(=O)CC(F)(F)C(F)(F)F.CCC(C(=O)[O-])C(=O)CC(F)(F)C(F)(F)F. The molecular formula is C24H34F10O8Zr. The zero-order valence-electron chi connectivity index (χ0n) is 24.5. The molecule has 0 N–H and O–H groups in total. The van der Waals surface area contributed by atoms with Gasteiger partial charge in [-0.15, -0.1) is 0 Å². The van der Waals surface area contributed by atoms with Gasteiger partial charge in [0.1, 0.15) is 11.6 Å². The van der Waals surface area contributed by atoms with E-state index >= 15 is 0 Å². The molecule has 8 nitrogen and oxygen atoms in total. The van der Waals surface area contributed by atoms with Gasteiger partial charge in [-0.3, -0.25) is 9.59 Å². The normalized spacial score (nSPS) is 14.2. The zero-order chi connectivity index (χ0) is 35.4. The van der Waals surface area contributed by atoms with Crippen LogP contribution in [0.3, 0.4) is 0 Å². The number of Topliss-reactive ketones (excluding diaryl/α,β-unsaturated/α-hetero) is 2. The van der Waals surface area contributed by atoms with E-state index in [1.165, 1.54) is 13.8 Å². The number of carbonyl (C=O) groups is 4. The molecule has 19 heteroatoms. The molecule has 0 amide bonds. The number of carboxylic acid groups (broad SMARTS) is 2. The van der Waals surface area contributed by atoms with Crippen LogP contribution in [-0.4, -0.2) is 58.9 Å². The summed E-state index contributed by atoms with van der Waals surface area (Å²) in [5.41, 5.74) is -0.0607. The molecule has 0 fully saturated rings. The molecule has 252 valence electrons. The van der Waals surface area contributed by atoms with Crippen LogP contribution in [0.25, 0.3) is 0 Å². The fourth-order valence-electron chi connectivity index (χ4n) is 2.21. The van der Waals surface area contributed by atoms with E-state index in [0.29, 0.717) is 0 Å². The van der Waals surface area contributed by atoms with Crippen LogP contribution in [0.2, 0.25) is 0 Å². The Hall–Kier alpha value is -1.62. The number of ketones is 2. The molecule has 0 heterocycles. The molecule has 0 saturated carbocycles. The molecular weight excluding hydrogens is 697 g/mol. The summed E-state index contributed by atoms with van der Waals surface area (Å²) >= 11 is -1.06. The molecule has 0 saturated heterocycles. The maximum Gasteiger partial charge on any atom is 0.453 e. The van der Waals surface area contributed by atoms with Crippen LogP contribution in [0.4, 0.5) is 43.9 Å². The minimum atomic E-state index is -5.87. The quantitative estimate of drug-likeness (QED) is 0.214. The molecule has 2 unspecified atom stereocenters. The van der Waals surface area contributed by atoms with E-state index in [1.54, 1.807) is 0 Å². The molecule has 0 aromatic heterocycles. The Bertz CT molecular complexity index is 836. The van der Waals surface area contributed by atoms with Gasteiger partial charge < -0.3 is 19.8 Å². The smallest absolute Gasteiger partial charge is 0.453 e. The number of carbonyl (C=O) groups excluding carboxylic acids is 4. The Balaban J connectivity index is -0.000000569. The summed E-state index contributed by atoms with van der Waals surface area (Å²) in [6.45, 7) is 14.7. The number of rotatable bonds is 12. The predicted octanol–water partition coefficient (Wildman–Crippen LogP) is 4.37. The van der Waals surface area contributed by atoms with Crippen molar-refractivity contribution in [2.24, 2.45) is 11.8 Å². The van der Waals surface area contributed by atoms with E-state index in [0.717, 1.165) is 0 Å².